The van der Waals surface area contributed by atoms with Crippen molar-refractivity contribution in [3.05, 3.63) is 102 Å². The van der Waals surface area contributed by atoms with Gasteiger partial charge in [0, 0.05) is 29.0 Å². The van der Waals surface area contributed by atoms with Gasteiger partial charge in [0.15, 0.2) is 0 Å². The first-order chi connectivity index (χ1) is 16.7. The van der Waals surface area contributed by atoms with Crippen molar-refractivity contribution in [1.29, 1.82) is 0 Å². The lowest BCUT2D eigenvalue weighted by Crippen LogP contribution is -2.24. The summed E-state index contributed by atoms with van der Waals surface area (Å²) in [5.41, 5.74) is 3.11. The van der Waals surface area contributed by atoms with E-state index in [1.54, 1.807) is 29.1 Å². The second kappa shape index (κ2) is 8.39. The molecule has 1 atom stereocenters. The number of thiazole rings is 1. The number of nitrogens with zero attached hydrogens (tertiary/aromatic N) is 3. The monoisotopic (exact) mass is 470 g/mol. The van der Waals surface area contributed by atoms with Gasteiger partial charge in [-0.15, -0.1) is 0 Å². The van der Waals surface area contributed by atoms with E-state index in [-0.39, 0.29) is 30.7 Å². The molecule has 6 rings (SSSR count). The van der Waals surface area contributed by atoms with E-state index in [1.807, 2.05) is 48.5 Å². The number of anilines is 1. The van der Waals surface area contributed by atoms with Gasteiger partial charge in [-0.25, -0.2) is 9.37 Å². The molecule has 0 saturated carbocycles. The summed E-state index contributed by atoms with van der Waals surface area (Å²) in [6, 6.07) is 22.0. The first-order valence-electron chi connectivity index (χ1n) is 10.9. The number of ether oxygens (including phenoxy) is 1. The molecule has 6 nitrogen and oxygen atoms in total. The molecule has 5 aromatic rings. The Hall–Kier alpha value is -4.04. The van der Waals surface area contributed by atoms with Gasteiger partial charge < -0.3 is 10.1 Å². The maximum Gasteiger partial charge on any atom is 0.226 e. The molecule has 8 heteroatoms. The van der Waals surface area contributed by atoms with Crippen LogP contribution >= 0.6 is 11.3 Å². The number of carbonyl (C=O) groups excluding carboxylic acids is 1. The molecule has 2 aromatic heterocycles. The molecule has 3 aromatic carbocycles. The van der Waals surface area contributed by atoms with Gasteiger partial charge >= 0.3 is 0 Å². The highest BCUT2D eigenvalue weighted by atomic mass is 32.1. The van der Waals surface area contributed by atoms with E-state index in [4.69, 9.17) is 4.74 Å². The third-order valence-corrected chi connectivity index (χ3v) is 6.93. The number of hydrogen-bond acceptors (Lipinski definition) is 5. The number of fused-ring (bicyclic) bond motifs is 2. The summed E-state index contributed by atoms with van der Waals surface area (Å²) in [6.07, 6.45) is 2.04. The lowest BCUT2D eigenvalue weighted by atomic mass is 9.87. The van der Waals surface area contributed by atoms with Crippen molar-refractivity contribution in [3.8, 4) is 10.9 Å². The first-order valence-corrected chi connectivity index (χ1v) is 11.7. The molecule has 34 heavy (non-hydrogen) atoms. The van der Waals surface area contributed by atoms with Crippen LogP contribution in [0.5, 0.6) is 5.75 Å². The Morgan fingerprint density at radius 2 is 1.82 bits per heavy atom. The molecule has 1 amide bonds. The highest BCUT2D eigenvalue weighted by Crippen LogP contribution is 2.42. The van der Waals surface area contributed by atoms with E-state index < -0.39 is 0 Å². The third kappa shape index (κ3) is 3.62. The molecule has 0 spiro atoms. The maximum absolute atomic E-state index is 14.1. The van der Waals surface area contributed by atoms with Crippen LogP contribution in [0.2, 0.25) is 0 Å². The fourth-order valence-electron chi connectivity index (χ4n) is 4.26. The first kappa shape index (κ1) is 20.6. The number of nitrogens with one attached hydrogen (secondary N) is 1. The van der Waals surface area contributed by atoms with Gasteiger partial charge in [0.2, 0.25) is 11.0 Å². The number of carbonyl (C=O) groups is 1. The van der Waals surface area contributed by atoms with Gasteiger partial charge in [-0.2, -0.15) is 9.78 Å². The van der Waals surface area contributed by atoms with Crippen molar-refractivity contribution >= 4 is 33.3 Å². The predicted molar refractivity (Wildman–Crippen MR) is 129 cm³/mol. The summed E-state index contributed by atoms with van der Waals surface area (Å²) in [7, 11) is 0. The van der Waals surface area contributed by atoms with E-state index in [0.29, 0.717) is 22.3 Å². The molecule has 0 bridgehead atoms. The van der Waals surface area contributed by atoms with Gasteiger partial charge in [0.05, 0.1) is 16.4 Å². The second-order valence-electron chi connectivity index (χ2n) is 8.05. The molecule has 0 saturated heterocycles. The average Bonchev–Trinajstić information content (AvgIpc) is 3.47. The fraction of sp³-hybridized carbons (Fsp3) is 0.115. The van der Waals surface area contributed by atoms with Crippen LogP contribution in [0.4, 0.5) is 10.2 Å². The summed E-state index contributed by atoms with van der Waals surface area (Å²) >= 11 is 1.51. The molecule has 168 valence electrons. The van der Waals surface area contributed by atoms with Crippen LogP contribution in [0.15, 0.2) is 79.0 Å². The fourth-order valence-corrected chi connectivity index (χ4v) is 5.19. The summed E-state index contributed by atoms with van der Waals surface area (Å²) in [5, 5.41) is 8.23. The van der Waals surface area contributed by atoms with Crippen LogP contribution in [0.3, 0.4) is 0 Å². The summed E-state index contributed by atoms with van der Waals surface area (Å²) < 4.78 is 22.9. The lowest BCUT2D eigenvalue weighted by Gasteiger charge is -2.25. The van der Waals surface area contributed by atoms with E-state index in [0.717, 1.165) is 21.3 Å². The normalized spacial score (nSPS) is 15.2. The molecule has 1 aliphatic heterocycles. The van der Waals surface area contributed by atoms with Crippen LogP contribution < -0.4 is 10.1 Å². The Bertz CT molecular complexity index is 1490. The Kier molecular flexibility index (Phi) is 5.07. The highest BCUT2D eigenvalue weighted by Gasteiger charge is 2.32. The summed E-state index contributed by atoms with van der Waals surface area (Å²) in [4.78, 5) is 17.4. The zero-order chi connectivity index (χ0) is 23.1. The topological polar surface area (TPSA) is 69.0 Å². The Morgan fingerprint density at radius 1 is 1.03 bits per heavy atom. The largest absolute Gasteiger partial charge is 0.488 e. The van der Waals surface area contributed by atoms with E-state index in [2.05, 4.69) is 15.4 Å². The second-order valence-corrected chi connectivity index (χ2v) is 9.06. The quantitative estimate of drug-likeness (QED) is 0.359. The standard InChI is InChI=1S/C26H19FN4O2S/c27-20-9-3-1-7-16(20)15-33-22-11-5-2-8-17(22)18-13-24(32)30-25-19(18)14-28-31(25)26-29-21-10-4-6-12-23(21)34-26/h1-12,14,18H,13,15H2,(H,30,32)/t18-/m0/s1. The minimum absolute atomic E-state index is 0.0976. The van der Waals surface area contributed by atoms with Gasteiger partial charge in [-0.1, -0.05) is 59.9 Å². The van der Waals surface area contributed by atoms with Gasteiger partial charge in [-0.05, 0) is 24.3 Å². The molecule has 1 aliphatic rings. The Balaban J connectivity index is 1.37. The van der Waals surface area contributed by atoms with Crippen molar-refractivity contribution in [2.75, 3.05) is 5.32 Å². The minimum atomic E-state index is -0.309. The number of benzene rings is 3. The zero-order valence-electron chi connectivity index (χ0n) is 17.9. The Labute approximate surface area is 198 Å². The number of halogens is 1. The van der Waals surface area contributed by atoms with Crippen molar-refractivity contribution in [1.82, 2.24) is 14.8 Å². The van der Waals surface area contributed by atoms with Gasteiger partial charge in [0.1, 0.15) is 24.0 Å². The molecular formula is C26H19FN4O2S. The van der Waals surface area contributed by atoms with Crippen molar-refractivity contribution in [2.45, 2.75) is 18.9 Å². The molecule has 0 radical (unpaired) electrons. The predicted octanol–water partition coefficient (Wildman–Crippen LogP) is 5.67. The molecule has 0 fully saturated rings. The average molecular weight is 471 g/mol. The number of hydrogen-bond donors (Lipinski definition) is 1. The smallest absolute Gasteiger partial charge is 0.226 e. The van der Waals surface area contributed by atoms with E-state index in [1.165, 1.54) is 17.4 Å². The SMILES string of the molecule is O=C1C[C@@H](c2ccccc2OCc2ccccc2F)c2cnn(-c3nc4ccccc4s3)c2N1. The lowest BCUT2D eigenvalue weighted by molar-refractivity contribution is -0.116. The number of amides is 1. The molecule has 0 unspecified atom stereocenters. The third-order valence-electron chi connectivity index (χ3n) is 5.92. The molecule has 1 N–H and O–H groups in total. The van der Waals surface area contributed by atoms with E-state index in [9.17, 15) is 9.18 Å². The highest BCUT2D eigenvalue weighted by molar-refractivity contribution is 7.20. The van der Waals surface area contributed by atoms with Crippen LogP contribution in [0.25, 0.3) is 15.3 Å². The number of para-hydroxylation sites is 2. The summed E-state index contributed by atoms with van der Waals surface area (Å²) in [5.74, 6) is 0.567. The molecule has 0 aliphatic carbocycles. The van der Waals surface area contributed by atoms with Crippen LogP contribution in [-0.2, 0) is 11.4 Å². The molecular weight excluding hydrogens is 451 g/mol. The van der Waals surface area contributed by atoms with Crippen LogP contribution in [0.1, 0.15) is 29.0 Å². The van der Waals surface area contributed by atoms with Gasteiger partial charge in [0.25, 0.3) is 0 Å². The van der Waals surface area contributed by atoms with Crippen LogP contribution in [-0.4, -0.2) is 20.7 Å². The minimum Gasteiger partial charge on any atom is -0.488 e. The Morgan fingerprint density at radius 3 is 2.71 bits per heavy atom. The van der Waals surface area contributed by atoms with E-state index >= 15 is 0 Å². The van der Waals surface area contributed by atoms with Crippen molar-refractivity contribution in [2.24, 2.45) is 0 Å². The van der Waals surface area contributed by atoms with Crippen LogP contribution in [0, 0.1) is 5.82 Å². The molecule has 3 heterocycles. The van der Waals surface area contributed by atoms with Crippen molar-refractivity contribution < 1.29 is 13.9 Å². The number of aromatic nitrogens is 3. The zero-order valence-corrected chi connectivity index (χ0v) is 18.8. The summed E-state index contributed by atoms with van der Waals surface area (Å²) in [6.45, 7) is 0.0976. The maximum atomic E-state index is 14.1. The van der Waals surface area contributed by atoms with Gasteiger partial charge in [-0.3, -0.25) is 4.79 Å². The number of rotatable bonds is 5. The van der Waals surface area contributed by atoms with Crippen molar-refractivity contribution in [3.63, 3.8) is 0 Å².